The summed E-state index contributed by atoms with van der Waals surface area (Å²) >= 11 is 0. The van der Waals surface area contributed by atoms with Gasteiger partial charge in [-0.1, -0.05) is 72.3 Å². The molecule has 5 heteroatoms. The Morgan fingerprint density at radius 2 is 1.65 bits per heavy atom. The third kappa shape index (κ3) is 4.93. The molecular formula is C38H29IrN3O-2. The van der Waals surface area contributed by atoms with Crippen LogP contribution in [0, 0.1) is 18.1 Å². The van der Waals surface area contributed by atoms with Crippen LogP contribution >= 0.6 is 0 Å². The molecule has 0 saturated heterocycles. The topological polar surface area (TPSA) is 43.9 Å². The number of hydrogen-bond donors (Lipinski definition) is 0. The van der Waals surface area contributed by atoms with E-state index in [1.165, 1.54) is 36.8 Å². The summed E-state index contributed by atoms with van der Waals surface area (Å²) in [6.07, 6.45) is 9.66. The smallest absolute Gasteiger partial charge is 0.120 e. The molecule has 4 aromatic carbocycles. The molecule has 1 saturated carbocycles. The number of nitrogens with zero attached hydrogens (tertiary/aromatic N) is 3. The molecule has 1 aliphatic heterocycles. The Morgan fingerprint density at radius 3 is 2.49 bits per heavy atom. The molecule has 0 N–H and O–H groups in total. The molecule has 0 unspecified atom stereocenters. The molecule has 1 aliphatic carbocycles. The average Bonchev–Trinajstić information content (AvgIpc) is 3.81. The van der Waals surface area contributed by atoms with Gasteiger partial charge in [0.25, 0.3) is 0 Å². The first kappa shape index (κ1) is 27.5. The van der Waals surface area contributed by atoms with Crippen LogP contribution in [0.2, 0.25) is 0 Å². The molecule has 4 nitrogen and oxygen atoms in total. The number of aromatic nitrogens is 3. The Labute approximate surface area is 264 Å². The van der Waals surface area contributed by atoms with Gasteiger partial charge in [-0.05, 0) is 48.2 Å². The largest absolute Gasteiger partial charge is 0.501 e. The van der Waals surface area contributed by atoms with Gasteiger partial charge >= 0.3 is 0 Å². The molecule has 0 amide bonds. The summed E-state index contributed by atoms with van der Waals surface area (Å²) in [5, 5.41) is 2.23. The molecule has 213 valence electrons. The number of imidazole rings is 1. The molecule has 7 aromatic rings. The van der Waals surface area contributed by atoms with Gasteiger partial charge in [0.1, 0.15) is 5.58 Å². The van der Waals surface area contributed by atoms with Crippen LogP contribution in [0.15, 0.2) is 114 Å². The Morgan fingerprint density at radius 1 is 0.791 bits per heavy atom. The number of hydrogen-bond acceptors (Lipinski definition) is 3. The van der Waals surface area contributed by atoms with Crippen LogP contribution in [0.3, 0.4) is 0 Å². The zero-order valence-corrected chi connectivity index (χ0v) is 26.0. The molecule has 0 atom stereocenters. The van der Waals surface area contributed by atoms with Crippen LogP contribution < -0.4 is 0 Å². The SMILES string of the molecule is [Ir].[c-]1ccc2c(oc3ccccc32)c1-c1ccccn1.[c-]1ccccc1-c1nc2cccc3c2n1CC=C3C1CCCC1. The fourth-order valence-corrected chi connectivity index (χ4v) is 6.65. The van der Waals surface area contributed by atoms with E-state index in [9.17, 15) is 0 Å². The van der Waals surface area contributed by atoms with Gasteiger partial charge in [0, 0.05) is 43.8 Å². The van der Waals surface area contributed by atoms with Crippen LogP contribution in [-0.2, 0) is 26.7 Å². The molecule has 43 heavy (non-hydrogen) atoms. The first-order valence-corrected chi connectivity index (χ1v) is 14.8. The van der Waals surface area contributed by atoms with Crippen molar-refractivity contribution in [3.05, 3.63) is 127 Å². The van der Waals surface area contributed by atoms with E-state index in [0.717, 1.165) is 62.6 Å². The summed E-state index contributed by atoms with van der Waals surface area (Å²) in [6, 6.07) is 39.1. The summed E-state index contributed by atoms with van der Waals surface area (Å²) in [7, 11) is 0. The quantitative estimate of drug-likeness (QED) is 0.170. The summed E-state index contributed by atoms with van der Waals surface area (Å²) in [5.74, 6) is 1.78. The van der Waals surface area contributed by atoms with Gasteiger partial charge in [-0.25, -0.2) is 0 Å². The zero-order valence-electron chi connectivity index (χ0n) is 23.6. The monoisotopic (exact) mass is 736 g/mol. The molecule has 1 radical (unpaired) electrons. The van der Waals surface area contributed by atoms with Crippen molar-refractivity contribution in [1.82, 2.24) is 14.5 Å². The first-order valence-electron chi connectivity index (χ1n) is 14.8. The second-order valence-corrected chi connectivity index (χ2v) is 11.0. The van der Waals surface area contributed by atoms with Crippen molar-refractivity contribution in [1.29, 1.82) is 0 Å². The van der Waals surface area contributed by atoms with Crippen LogP contribution in [0.4, 0.5) is 0 Å². The van der Waals surface area contributed by atoms with Crippen molar-refractivity contribution in [3.8, 4) is 22.6 Å². The van der Waals surface area contributed by atoms with Gasteiger partial charge in [0.15, 0.2) is 0 Å². The van der Waals surface area contributed by atoms with Crippen molar-refractivity contribution in [3.63, 3.8) is 0 Å². The Balaban J connectivity index is 0.000000139. The maximum atomic E-state index is 5.97. The van der Waals surface area contributed by atoms with E-state index in [2.05, 4.69) is 64.2 Å². The Bertz CT molecular complexity index is 2070. The number of allylic oxidation sites excluding steroid dienone is 2. The second kappa shape index (κ2) is 11.8. The number of para-hydroxylation sites is 2. The summed E-state index contributed by atoms with van der Waals surface area (Å²) < 4.78 is 8.32. The Hall–Kier alpha value is -4.31. The van der Waals surface area contributed by atoms with E-state index >= 15 is 0 Å². The third-order valence-corrected chi connectivity index (χ3v) is 8.58. The van der Waals surface area contributed by atoms with Gasteiger partial charge in [-0.3, -0.25) is 4.98 Å². The van der Waals surface area contributed by atoms with Gasteiger partial charge in [-0.15, -0.1) is 54.1 Å². The molecule has 4 heterocycles. The first-order chi connectivity index (χ1) is 20.8. The minimum Gasteiger partial charge on any atom is -0.501 e. The van der Waals surface area contributed by atoms with Gasteiger partial charge in [0.05, 0.1) is 22.4 Å². The minimum absolute atomic E-state index is 0. The fraction of sp³-hybridized carbons (Fsp3) is 0.158. The van der Waals surface area contributed by atoms with Crippen molar-refractivity contribution in [2.45, 2.75) is 32.2 Å². The average molecular weight is 736 g/mol. The predicted molar refractivity (Wildman–Crippen MR) is 170 cm³/mol. The fourth-order valence-electron chi connectivity index (χ4n) is 6.65. The summed E-state index contributed by atoms with van der Waals surface area (Å²) in [6.45, 7) is 0.928. The van der Waals surface area contributed by atoms with Crippen LogP contribution in [0.1, 0.15) is 31.2 Å². The number of benzene rings is 4. The zero-order chi connectivity index (χ0) is 27.9. The molecule has 9 rings (SSSR count). The number of fused-ring (bicyclic) bond motifs is 3. The molecule has 3 aromatic heterocycles. The normalized spacial score (nSPS) is 14.4. The number of pyridine rings is 1. The standard InChI is InChI=1S/C21H19N2.C17H10NO.Ir/c1-2-9-16(10-3-1)21-22-19-12-6-11-18-17(15-7-4-5-8-15)13-14-23(21)20(18)19;1-2-10-16-12(6-1)13-7-5-8-14(17(13)19-16)15-9-3-4-11-18-15;/h1-3,6,9,11-13,15H,4-5,7-8,14H2;1-7,9-11H;/q2*-1;. The van der Waals surface area contributed by atoms with E-state index in [0.29, 0.717) is 0 Å². The van der Waals surface area contributed by atoms with Crippen LogP contribution in [-0.4, -0.2) is 14.5 Å². The van der Waals surface area contributed by atoms with E-state index in [4.69, 9.17) is 9.40 Å². The van der Waals surface area contributed by atoms with E-state index in [-0.39, 0.29) is 20.1 Å². The van der Waals surface area contributed by atoms with E-state index < -0.39 is 0 Å². The van der Waals surface area contributed by atoms with E-state index in [1.807, 2.05) is 60.7 Å². The van der Waals surface area contributed by atoms with Crippen LogP contribution in [0.5, 0.6) is 0 Å². The molecule has 0 spiro atoms. The van der Waals surface area contributed by atoms with Crippen molar-refractivity contribution < 1.29 is 24.5 Å². The van der Waals surface area contributed by atoms with Crippen LogP contribution in [0.25, 0.3) is 61.2 Å². The second-order valence-electron chi connectivity index (χ2n) is 11.0. The number of furan rings is 1. The van der Waals surface area contributed by atoms with E-state index in [1.54, 1.807) is 11.8 Å². The molecule has 2 aliphatic rings. The van der Waals surface area contributed by atoms with Crippen molar-refractivity contribution in [2.24, 2.45) is 5.92 Å². The van der Waals surface area contributed by atoms with Crippen molar-refractivity contribution in [2.75, 3.05) is 0 Å². The third-order valence-electron chi connectivity index (χ3n) is 8.58. The molecular weight excluding hydrogens is 707 g/mol. The maximum absolute atomic E-state index is 5.97. The predicted octanol–water partition coefficient (Wildman–Crippen LogP) is 9.54. The van der Waals surface area contributed by atoms with Gasteiger partial charge in [-0.2, -0.15) is 0 Å². The van der Waals surface area contributed by atoms with Crippen molar-refractivity contribution >= 4 is 38.5 Å². The Kier molecular flexibility index (Phi) is 7.52. The van der Waals surface area contributed by atoms with Gasteiger partial charge in [0.2, 0.25) is 0 Å². The summed E-state index contributed by atoms with van der Waals surface area (Å²) in [4.78, 5) is 9.29. The minimum atomic E-state index is 0. The summed E-state index contributed by atoms with van der Waals surface area (Å²) in [5.41, 5.74) is 9.99. The van der Waals surface area contributed by atoms with Gasteiger partial charge < -0.3 is 14.0 Å². The number of rotatable bonds is 3. The molecule has 1 fully saturated rings. The maximum Gasteiger partial charge on any atom is 0.120 e. The molecule has 0 bridgehead atoms.